The summed E-state index contributed by atoms with van der Waals surface area (Å²) in [7, 11) is 0. The first-order chi connectivity index (χ1) is 6.05. The molecule has 4 heteroatoms. The normalized spacial score (nSPS) is 11.2. The molecule has 1 aromatic carbocycles. The average molecular weight is 214 g/mol. The van der Waals surface area contributed by atoms with Gasteiger partial charge in [-0.1, -0.05) is 24.3 Å². The lowest BCUT2D eigenvalue weighted by molar-refractivity contribution is 0.493. The predicted octanol–water partition coefficient (Wildman–Crippen LogP) is 1.33. The molecule has 1 aromatic rings. The first kappa shape index (κ1) is 10.6. The van der Waals surface area contributed by atoms with Crippen LogP contribution in [-0.4, -0.2) is 9.79 Å². The fourth-order valence-electron chi connectivity index (χ4n) is 1.12. The maximum absolute atomic E-state index is 9.34. The molecule has 0 saturated carbocycles. The van der Waals surface area contributed by atoms with E-state index < -0.39 is 6.49 Å². The minimum atomic E-state index is -3.30. The molecule has 0 heterocycles. The van der Waals surface area contributed by atoms with E-state index in [1.165, 1.54) is 0 Å². The van der Waals surface area contributed by atoms with Crippen molar-refractivity contribution in [2.45, 2.75) is 6.42 Å². The van der Waals surface area contributed by atoms with Gasteiger partial charge in [-0.15, -0.1) is 6.58 Å². The van der Waals surface area contributed by atoms with Crippen LogP contribution in [0.4, 0.5) is 0 Å². The van der Waals surface area contributed by atoms with E-state index in [2.05, 4.69) is 18.4 Å². The maximum Gasteiger partial charge on any atom is 0.214 e. The van der Waals surface area contributed by atoms with Crippen LogP contribution in [0.5, 0.6) is 0 Å². The Labute approximate surface area is 82.7 Å². The summed E-state index contributed by atoms with van der Waals surface area (Å²) in [4.78, 5) is 18.7. The third-order valence-electron chi connectivity index (χ3n) is 1.67. The molecule has 2 N–H and O–H groups in total. The predicted molar refractivity (Wildman–Crippen MR) is 58.7 cm³/mol. The third kappa shape index (κ3) is 2.75. The molecule has 0 aliphatic rings. The van der Waals surface area contributed by atoms with E-state index in [-0.39, 0.29) is 0 Å². The standard InChI is InChI=1S/C9H11O2PS/c1-2-5-8-6-3-4-7-9(8)12(10,11)13/h2-4,6-7H,1,5H2,(H2,10,11,13). The smallest absolute Gasteiger partial charge is 0.214 e. The number of allylic oxidation sites excluding steroid dienone is 1. The summed E-state index contributed by atoms with van der Waals surface area (Å²) < 4.78 is 0. The highest BCUT2D eigenvalue weighted by molar-refractivity contribution is 8.12. The fraction of sp³-hybridized carbons (Fsp3) is 0.111. The summed E-state index contributed by atoms with van der Waals surface area (Å²) >= 11 is 4.64. The highest BCUT2D eigenvalue weighted by Crippen LogP contribution is 2.35. The van der Waals surface area contributed by atoms with E-state index in [1.807, 2.05) is 12.1 Å². The Balaban J connectivity index is 3.19. The molecular weight excluding hydrogens is 203 g/mol. The van der Waals surface area contributed by atoms with Gasteiger partial charge < -0.3 is 9.79 Å². The van der Waals surface area contributed by atoms with E-state index in [0.29, 0.717) is 11.7 Å². The van der Waals surface area contributed by atoms with Crippen molar-refractivity contribution in [3.05, 3.63) is 42.5 Å². The lowest BCUT2D eigenvalue weighted by atomic mass is 10.1. The van der Waals surface area contributed by atoms with Gasteiger partial charge in [-0.25, -0.2) is 0 Å². The van der Waals surface area contributed by atoms with Crippen molar-refractivity contribution in [3.8, 4) is 0 Å². The molecule has 0 amide bonds. The molecule has 2 nitrogen and oxygen atoms in total. The number of hydrogen-bond donors (Lipinski definition) is 2. The minimum Gasteiger partial charge on any atom is -0.342 e. The molecule has 0 radical (unpaired) electrons. The number of benzene rings is 1. The van der Waals surface area contributed by atoms with Gasteiger partial charge in [-0.2, -0.15) is 0 Å². The third-order valence-corrected chi connectivity index (χ3v) is 3.32. The number of rotatable bonds is 3. The minimum absolute atomic E-state index is 0.463. The van der Waals surface area contributed by atoms with Gasteiger partial charge in [-0.3, -0.25) is 0 Å². The Kier molecular flexibility index (Phi) is 3.40. The SMILES string of the molecule is C=CCc1ccccc1P(O)(O)=S. The van der Waals surface area contributed by atoms with Crippen LogP contribution in [0.1, 0.15) is 5.56 Å². The quantitative estimate of drug-likeness (QED) is 0.589. The zero-order valence-corrected chi connectivity index (χ0v) is 8.76. The Morgan fingerprint density at radius 3 is 2.54 bits per heavy atom. The summed E-state index contributed by atoms with van der Waals surface area (Å²) in [6, 6.07) is 7.06. The first-order valence-electron chi connectivity index (χ1n) is 3.80. The highest BCUT2D eigenvalue weighted by atomic mass is 32.5. The summed E-state index contributed by atoms with van der Waals surface area (Å²) in [6.45, 7) is 0.294. The Morgan fingerprint density at radius 2 is 2.00 bits per heavy atom. The van der Waals surface area contributed by atoms with Gasteiger partial charge in [0.1, 0.15) is 0 Å². The lowest BCUT2D eigenvalue weighted by Gasteiger charge is -2.11. The van der Waals surface area contributed by atoms with Gasteiger partial charge >= 0.3 is 0 Å². The molecule has 0 aliphatic heterocycles. The van der Waals surface area contributed by atoms with Gasteiger partial charge in [-0.05, 0) is 29.9 Å². The van der Waals surface area contributed by atoms with Crippen molar-refractivity contribution in [2.24, 2.45) is 0 Å². The molecule has 0 bridgehead atoms. The van der Waals surface area contributed by atoms with E-state index >= 15 is 0 Å². The van der Waals surface area contributed by atoms with Crippen LogP contribution >= 0.6 is 6.49 Å². The second kappa shape index (κ2) is 4.16. The van der Waals surface area contributed by atoms with Gasteiger partial charge in [0.2, 0.25) is 6.49 Å². The van der Waals surface area contributed by atoms with Crippen LogP contribution in [0.15, 0.2) is 36.9 Å². The molecule has 0 fully saturated rings. The van der Waals surface area contributed by atoms with Crippen molar-refractivity contribution >= 4 is 23.6 Å². The van der Waals surface area contributed by atoms with E-state index in [1.54, 1.807) is 18.2 Å². The van der Waals surface area contributed by atoms with Crippen LogP contribution in [0.3, 0.4) is 0 Å². The molecule has 0 atom stereocenters. The Morgan fingerprint density at radius 1 is 1.38 bits per heavy atom. The molecule has 0 unspecified atom stereocenters. The summed E-state index contributed by atoms with van der Waals surface area (Å²) in [5, 5.41) is 0.463. The topological polar surface area (TPSA) is 40.5 Å². The van der Waals surface area contributed by atoms with Crippen molar-refractivity contribution in [2.75, 3.05) is 0 Å². The zero-order valence-electron chi connectivity index (χ0n) is 7.05. The van der Waals surface area contributed by atoms with Crippen molar-refractivity contribution in [3.63, 3.8) is 0 Å². The van der Waals surface area contributed by atoms with E-state index in [4.69, 9.17) is 0 Å². The fourth-order valence-corrected chi connectivity index (χ4v) is 2.48. The Hall–Kier alpha value is -0.470. The molecule has 0 aliphatic carbocycles. The van der Waals surface area contributed by atoms with Gasteiger partial charge in [0.05, 0.1) is 0 Å². The molecule has 1 rings (SSSR count). The summed E-state index contributed by atoms with van der Waals surface area (Å²) in [6.07, 6.45) is 2.32. The summed E-state index contributed by atoms with van der Waals surface area (Å²) in [5.74, 6) is 0. The van der Waals surface area contributed by atoms with Gasteiger partial charge in [0.25, 0.3) is 0 Å². The lowest BCUT2D eigenvalue weighted by Crippen LogP contribution is -2.09. The van der Waals surface area contributed by atoms with Crippen LogP contribution < -0.4 is 5.30 Å². The van der Waals surface area contributed by atoms with Gasteiger partial charge in [0.15, 0.2) is 0 Å². The van der Waals surface area contributed by atoms with Crippen molar-refractivity contribution in [1.29, 1.82) is 0 Å². The van der Waals surface area contributed by atoms with E-state index in [0.717, 1.165) is 5.56 Å². The molecule has 0 saturated heterocycles. The van der Waals surface area contributed by atoms with Crippen LogP contribution in [0.25, 0.3) is 0 Å². The molecular formula is C9H11O2PS. The van der Waals surface area contributed by atoms with Crippen molar-refractivity contribution in [1.82, 2.24) is 0 Å². The monoisotopic (exact) mass is 214 g/mol. The van der Waals surface area contributed by atoms with Crippen LogP contribution in [-0.2, 0) is 18.2 Å². The van der Waals surface area contributed by atoms with Crippen molar-refractivity contribution < 1.29 is 9.79 Å². The number of hydrogen-bond acceptors (Lipinski definition) is 1. The van der Waals surface area contributed by atoms with E-state index in [9.17, 15) is 9.79 Å². The molecule has 0 spiro atoms. The summed E-state index contributed by atoms with van der Waals surface area (Å²) in [5.41, 5.74) is 0.839. The van der Waals surface area contributed by atoms with Crippen LogP contribution in [0, 0.1) is 0 Å². The maximum atomic E-state index is 9.34. The molecule has 0 aromatic heterocycles. The second-order valence-corrected chi connectivity index (χ2v) is 5.76. The van der Waals surface area contributed by atoms with Gasteiger partial charge in [0, 0.05) is 5.30 Å². The first-order valence-corrected chi connectivity index (χ1v) is 6.51. The largest absolute Gasteiger partial charge is 0.342 e. The zero-order chi connectivity index (χ0) is 9.90. The molecule has 70 valence electrons. The average Bonchev–Trinajstić information content (AvgIpc) is 2.04. The highest BCUT2D eigenvalue weighted by Gasteiger charge is 2.14. The molecule has 13 heavy (non-hydrogen) atoms. The second-order valence-electron chi connectivity index (χ2n) is 2.67. The Bertz CT molecular complexity index is 356. The van der Waals surface area contributed by atoms with Crippen LogP contribution in [0.2, 0.25) is 0 Å².